The van der Waals surface area contributed by atoms with Crippen molar-refractivity contribution < 1.29 is 5.11 Å². The van der Waals surface area contributed by atoms with E-state index in [0.29, 0.717) is 0 Å². The van der Waals surface area contributed by atoms with Crippen LogP contribution in [-0.2, 0) is 0 Å². The molecule has 2 heteroatoms. The predicted octanol–water partition coefficient (Wildman–Crippen LogP) is 1.22. The lowest BCUT2D eigenvalue weighted by Crippen LogP contribution is -2.29. The highest BCUT2D eigenvalue weighted by molar-refractivity contribution is 4.65. The van der Waals surface area contributed by atoms with Crippen LogP contribution >= 0.6 is 0 Å². The molecule has 0 fully saturated rings. The number of aliphatic hydroxyl groups excluding tert-OH is 1. The lowest BCUT2D eigenvalue weighted by atomic mass is 10.4. The van der Waals surface area contributed by atoms with Gasteiger partial charge in [-0.3, -0.25) is 4.90 Å². The summed E-state index contributed by atoms with van der Waals surface area (Å²) in [4.78, 5) is 1.90. The normalized spacial score (nSPS) is 14.3. The van der Waals surface area contributed by atoms with Gasteiger partial charge in [-0.25, -0.2) is 0 Å². The fourth-order valence-corrected chi connectivity index (χ4v) is 0.780. The number of hydrogen-bond donors (Lipinski definition) is 1. The van der Waals surface area contributed by atoms with Crippen molar-refractivity contribution in [3.8, 4) is 0 Å². The first kappa shape index (κ1) is 8.92. The van der Waals surface area contributed by atoms with Crippen molar-refractivity contribution in [2.75, 3.05) is 6.54 Å². The zero-order valence-corrected chi connectivity index (χ0v) is 6.46. The van der Waals surface area contributed by atoms with E-state index >= 15 is 0 Å². The van der Waals surface area contributed by atoms with Gasteiger partial charge in [0.25, 0.3) is 0 Å². The molecule has 2 nitrogen and oxygen atoms in total. The highest BCUT2D eigenvalue weighted by Gasteiger charge is 2.05. The third kappa shape index (κ3) is 3.49. The van der Waals surface area contributed by atoms with Gasteiger partial charge >= 0.3 is 0 Å². The van der Waals surface area contributed by atoms with Crippen molar-refractivity contribution in [3.63, 3.8) is 0 Å². The Labute approximate surface area is 57.5 Å². The summed E-state index contributed by atoms with van der Waals surface area (Å²) in [5, 5.41) is 9.04. The van der Waals surface area contributed by atoms with Gasteiger partial charge in [-0.2, -0.15) is 0 Å². The number of aliphatic hydroxyl groups is 1. The van der Waals surface area contributed by atoms with Crippen molar-refractivity contribution in [1.29, 1.82) is 0 Å². The van der Waals surface area contributed by atoms with E-state index in [1.54, 1.807) is 6.92 Å². The molecule has 0 aromatic heterocycles. The molecule has 0 amide bonds. The van der Waals surface area contributed by atoms with Gasteiger partial charge in [0.15, 0.2) is 0 Å². The van der Waals surface area contributed by atoms with E-state index < -0.39 is 0 Å². The predicted molar refractivity (Wildman–Crippen MR) is 38.7 cm³/mol. The Kier molecular flexibility index (Phi) is 4.72. The molecular weight excluding hydrogens is 114 g/mol. The molecule has 1 N–H and O–H groups in total. The maximum Gasteiger partial charge on any atom is 0.104 e. The molecule has 0 aliphatic carbocycles. The second-order valence-corrected chi connectivity index (χ2v) is 2.05. The summed E-state index contributed by atoms with van der Waals surface area (Å²) < 4.78 is 0. The standard InChI is InChI=1S/C7H16NO/c1-4-6-8(5-2)7(3)9/h6-7,9H,4-5H2,1-3H3. The molecule has 0 spiro atoms. The van der Waals surface area contributed by atoms with Crippen LogP contribution in [0, 0.1) is 6.54 Å². The summed E-state index contributed by atoms with van der Waals surface area (Å²) in [6.07, 6.45) is 0.647. The average molecular weight is 130 g/mol. The van der Waals surface area contributed by atoms with Gasteiger partial charge in [-0.15, -0.1) is 0 Å². The van der Waals surface area contributed by atoms with Crippen LogP contribution in [0.15, 0.2) is 0 Å². The van der Waals surface area contributed by atoms with Gasteiger partial charge in [0.2, 0.25) is 0 Å². The fraction of sp³-hybridized carbons (Fsp3) is 0.857. The van der Waals surface area contributed by atoms with Gasteiger partial charge < -0.3 is 5.11 Å². The van der Waals surface area contributed by atoms with E-state index in [-0.39, 0.29) is 6.23 Å². The molecule has 55 valence electrons. The first-order valence-electron chi connectivity index (χ1n) is 3.49. The van der Waals surface area contributed by atoms with Crippen LogP contribution < -0.4 is 0 Å². The average Bonchev–Trinajstić information content (AvgIpc) is 1.82. The van der Waals surface area contributed by atoms with Gasteiger partial charge in [0, 0.05) is 6.54 Å². The third-order valence-corrected chi connectivity index (χ3v) is 1.26. The van der Waals surface area contributed by atoms with Crippen molar-refractivity contribution in [2.45, 2.75) is 33.4 Å². The largest absolute Gasteiger partial charge is 0.379 e. The van der Waals surface area contributed by atoms with Crippen LogP contribution in [0.5, 0.6) is 0 Å². The van der Waals surface area contributed by atoms with Crippen LogP contribution in [0.4, 0.5) is 0 Å². The quantitative estimate of drug-likeness (QED) is 0.578. The lowest BCUT2D eigenvalue weighted by molar-refractivity contribution is 0.0426. The van der Waals surface area contributed by atoms with Crippen LogP contribution in [0.3, 0.4) is 0 Å². The fourth-order valence-electron chi connectivity index (χ4n) is 0.780. The van der Waals surface area contributed by atoms with E-state index in [1.807, 2.05) is 18.4 Å². The highest BCUT2D eigenvalue weighted by atomic mass is 16.3. The highest BCUT2D eigenvalue weighted by Crippen LogP contribution is 1.99. The first-order chi connectivity index (χ1) is 4.22. The second kappa shape index (κ2) is 4.77. The van der Waals surface area contributed by atoms with Crippen LogP contribution in [0.2, 0.25) is 0 Å². The van der Waals surface area contributed by atoms with Crippen molar-refractivity contribution in [1.82, 2.24) is 4.90 Å². The summed E-state index contributed by atoms with van der Waals surface area (Å²) in [6, 6.07) is 0. The number of nitrogens with zero attached hydrogens (tertiary/aromatic N) is 1. The van der Waals surface area contributed by atoms with Crippen molar-refractivity contribution in [3.05, 3.63) is 6.54 Å². The van der Waals surface area contributed by atoms with Gasteiger partial charge in [-0.05, 0) is 19.9 Å². The number of hydrogen-bond acceptors (Lipinski definition) is 2. The molecule has 0 saturated heterocycles. The smallest absolute Gasteiger partial charge is 0.104 e. The zero-order chi connectivity index (χ0) is 7.28. The Morgan fingerprint density at radius 1 is 1.56 bits per heavy atom. The summed E-state index contributed by atoms with van der Waals surface area (Å²) in [5.74, 6) is 0. The summed E-state index contributed by atoms with van der Waals surface area (Å²) in [7, 11) is 0. The van der Waals surface area contributed by atoms with Gasteiger partial charge in [-0.1, -0.05) is 13.8 Å². The van der Waals surface area contributed by atoms with Crippen LogP contribution in [0.25, 0.3) is 0 Å². The zero-order valence-electron chi connectivity index (χ0n) is 6.46. The SMILES string of the molecule is CC[CH]N(CC)C(C)O. The van der Waals surface area contributed by atoms with E-state index in [0.717, 1.165) is 13.0 Å². The summed E-state index contributed by atoms with van der Waals surface area (Å²) in [5.41, 5.74) is 0. The monoisotopic (exact) mass is 130 g/mol. The molecule has 0 aliphatic rings. The number of rotatable bonds is 4. The minimum atomic E-state index is -0.338. The van der Waals surface area contributed by atoms with Crippen molar-refractivity contribution >= 4 is 0 Å². The second-order valence-electron chi connectivity index (χ2n) is 2.05. The van der Waals surface area contributed by atoms with Crippen LogP contribution in [-0.4, -0.2) is 22.8 Å². The Hall–Kier alpha value is -0.0800. The topological polar surface area (TPSA) is 23.5 Å². The molecular formula is C7H16NO. The van der Waals surface area contributed by atoms with E-state index in [4.69, 9.17) is 5.11 Å². The minimum absolute atomic E-state index is 0.338. The summed E-state index contributed by atoms with van der Waals surface area (Å²) >= 11 is 0. The maximum atomic E-state index is 9.04. The Morgan fingerprint density at radius 2 is 2.11 bits per heavy atom. The Bertz CT molecular complexity index is 63.9. The van der Waals surface area contributed by atoms with Crippen molar-refractivity contribution in [2.24, 2.45) is 0 Å². The molecule has 1 radical (unpaired) electrons. The molecule has 9 heavy (non-hydrogen) atoms. The van der Waals surface area contributed by atoms with Crippen LogP contribution in [0.1, 0.15) is 27.2 Å². The molecule has 0 aromatic rings. The molecule has 0 rings (SSSR count). The lowest BCUT2D eigenvalue weighted by Gasteiger charge is -2.21. The molecule has 0 saturated carbocycles. The van der Waals surface area contributed by atoms with Gasteiger partial charge in [0.1, 0.15) is 6.23 Å². The molecule has 0 aromatic carbocycles. The Balaban J connectivity index is 3.41. The van der Waals surface area contributed by atoms with E-state index in [9.17, 15) is 0 Å². The molecule has 0 aliphatic heterocycles. The minimum Gasteiger partial charge on any atom is -0.379 e. The molecule has 1 unspecified atom stereocenters. The Morgan fingerprint density at radius 3 is 2.22 bits per heavy atom. The third-order valence-electron chi connectivity index (χ3n) is 1.26. The maximum absolute atomic E-state index is 9.04. The summed E-state index contributed by atoms with van der Waals surface area (Å²) in [6.45, 7) is 8.75. The van der Waals surface area contributed by atoms with E-state index in [2.05, 4.69) is 6.92 Å². The molecule has 1 atom stereocenters. The first-order valence-corrected chi connectivity index (χ1v) is 3.49. The molecule has 0 heterocycles. The molecule has 0 bridgehead atoms. The van der Waals surface area contributed by atoms with E-state index in [1.165, 1.54) is 0 Å². The van der Waals surface area contributed by atoms with Gasteiger partial charge in [0.05, 0.1) is 0 Å².